The van der Waals surface area contributed by atoms with E-state index in [4.69, 9.17) is 19.5 Å². The summed E-state index contributed by atoms with van der Waals surface area (Å²) >= 11 is 0. The van der Waals surface area contributed by atoms with E-state index in [1.54, 1.807) is 13.2 Å². The minimum atomic E-state index is -0.317. The van der Waals surface area contributed by atoms with Gasteiger partial charge in [0, 0.05) is 52.4 Å². The van der Waals surface area contributed by atoms with Crippen molar-refractivity contribution in [1.29, 1.82) is 0 Å². The second-order valence-electron chi connectivity index (χ2n) is 17.8. The highest BCUT2D eigenvalue weighted by atomic mass is 19.1. The van der Waals surface area contributed by atoms with Crippen molar-refractivity contribution in [3.05, 3.63) is 95.7 Å². The molecule has 8 nitrogen and oxygen atoms in total. The maximum atomic E-state index is 14.6. The Morgan fingerprint density at radius 2 is 1.93 bits per heavy atom. The van der Waals surface area contributed by atoms with Gasteiger partial charge >= 0.3 is 0 Å². The van der Waals surface area contributed by atoms with Crippen molar-refractivity contribution in [2.75, 3.05) is 20.2 Å². The lowest BCUT2D eigenvalue weighted by Crippen LogP contribution is -2.39. The number of fused-ring (bicyclic) bond motifs is 5. The fourth-order valence-electron chi connectivity index (χ4n) is 9.46. The number of ether oxygens (including phenoxy) is 2. The van der Waals surface area contributed by atoms with Gasteiger partial charge in [0.15, 0.2) is 6.23 Å². The molecule has 0 saturated carbocycles. The minimum absolute atomic E-state index is 0.235. The zero-order valence-corrected chi connectivity index (χ0v) is 36.3. The number of likely N-dealkylation sites (tertiary alicyclic amines) is 1. The van der Waals surface area contributed by atoms with Crippen LogP contribution in [0, 0.1) is 23.6 Å². The fraction of sp³-hybridized carbons (Fsp3) is 0.480. The van der Waals surface area contributed by atoms with Gasteiger partial charge in [-0.15, -0.1) is 0 Å². The Kier molecular flexibility index (Phi) is 12.1. The topological polar surface area (TPSA) is 79.7 Å². The van der Waals surface area contributed by atoms with Gasteiger partial charge in [0.1, 0.15) is 23.1 Å². The first kappa shape index (κ1) is 41.0. The van der Waals surface area contributed by atoms with Crippen LogP contribution in [0.25, 0.3) is 39.1 Å². The molecule has 6 atom stereocenters. The van der Waals surface area contributed by atoms with Crippen LogP contribution in [-0.2, 0) is 6.42 Å². The maximum Gasteiger partial charge on any atom is 0.176 e. The summed E-state index contributed by atoms with van der Waals surface area (Å²) < 4.78 is 29.4. The van der Waals surface area contributed by atoms with Crippen LogP contribution in [0.15, 0.2) is 77.9 Å². The summed E-state index contributed by atoms with van der Waals surface area (Å²) in [6, 6.07) is 21.5. The van der Waals surface area contributed by atoms with Crippen LogP contribution >= 0.6 is 0 Å². The molecule has 2 N–H and O–H groups in total. The lowest BCUT2D eigenvalue weighted by Gasteiger charge is -2.31. The predicted molar refractivity (Wildman–Crippen MR) is 240 cm³/mol. The predicted octanol–water partition coefficient (Wildman–Crippen LogP) is 11.8. The molecule has 0 aliphatic carbocycles. The number of aryl methyl sites for hydroxylation is 1. The zero-order valence-electron chi connectivity index (χ0n) is 36.3. The van der Waals surface area contributed by atoms with Crippen molar-refractivity contribution in [2.45, 2.75) is 118 Å². The normalized spacial score (nSPS) is 22.8. The molecule has 2 fully saturated rings. The molecule has 0 amide bonds. The summed E-state index contributed by atoms with van der Waals surface area (Å²) in [5, 5.41) is 4.82. The molecule has 3 aliphatic heterocycles. The molecule has 9 heteroatoms. The summed E-state index contributed by atoms with van der Waals surface area (Å²) in [5.41, 5.74) is 9.55. The molecule has 312 valence electrons. The van der Waals surface area contributed by atoms with Crippen molar-refractivity contribution < 1.29 is 13.9 Å². The van der Waals surface area contributed by atoms with Crippen LogP contribution in [0.1, 0.15) is 116 Å². The Morgan fingerprint density at radius 3 is 2.68 bits per heavy atom. The molecule has 8 rings (SSSR count). The van der Waals surface area contributed by atoms with Crippen LogP contribution in [-0.4, -0.2) is 57.4 Å². The first-order valence-electron chi connectivity index (χ1n) is 22.1. The Bertz CT molecular complexity index is 2330. The average molecular weight is 799 g/mol. The number of hydrogen-bond acceptors (Lipinski definition) is 6. The number of H-pyrrole nitrogens is 1. The molecule has 2 saturated heterocycles. The first-order chi connectivity index (χ1) is 28.5. The summed E-state index contributed by atoms with van der Waals surface area (Å²) in [6.07, 6.45) is 10.8. The number of halogens is 1. The van der Waals surface area contributed by atoms with Gasteiger partial charge in [0.2, 0.25) is 0 Å². The van der Waals surface area contributed by atoms with E-state index in [0.29, 0.717) is 48.4 Å². The standard InChI is InChI=1S/C50H63FN6O2/c1-9-31(5)49(45-12-11-20-56(45)21-19-30(3)4)54-41(10-2)36-14-16-40-46-26-37-25-35(43-29-52-50(55-43)42-22-32(6)33(7)53-42)15-17-44(37)57(46)48(59-47(40)27-36)18-13-34-23-38(51)28-39(24-34)58-8/h10,14-17,23-33,42,45,48,53H,9,11-13,18-22H2,1-8H3,(H,52,55). The van der Waals surface area contributed by atoms with Gasteiger partial charge in [-0.05, 0) is 131 Å². The number of aromatic amines is 1. The third-order valence-electron chi connectivity index (χ3n) is 13.3. The van der Waals surface area contributed by atoms with E-state index in [1.807, 2.05) is 12.3 Å². The summed E-state index contributed by atoms with van der Waals surface area (Å²) in [4.78, 5) is 16.6. The van der Waals surface area contributed by atoms with E-state index in [-0.39, 0.29) is 18.1 Å². The van der Waals surface area contributed by atoms with E-state index in [1.165, 1.54) is 24.6 Å². The van der Waals surface area contributed by atoms with Crippen LogP contribution in [0.4, 0.5) is 4.39 Å². The Balaban J connectivity index is 1.15. The number of methoxy groups -OCH3 is 1. The van der Waals surface area contributed by atoms with E-state index in [2.05, 4.69) is 117 Å². The van der Waals surface area contributed by atoms with Crippen LogP contribution in [0.5, 0.6) is 11.5 Å². The number of nitrogens with one attached hydrogen (secondary N) is 2. The molecule has 59 heavy (non-hydrogen) atoms. The lowest BCUT2D eigenvalue weighted by molar-refractivity contribution is 0.122. The largest absolute Gasteiger partial charge is 0.497 e. The highest BCUT2D eigenvalue weighted by molar-refractivity contribution is 5.96. The molecule has 2 aromatic heterocycles. The molecular weight excluding hydrogens is 736 g/mol. The van der Waals surface area contributed by atoms with Gasteiger partial charge in [-0.3, -0.25) is 9.89 Å². The van der Waals surface area contributed by atoms with Crippen molar-refractivity contribution in [2.24, 2.45) is 22.7 Å². The third-order valence-corrected chi connectivity index (χ3v) is 13.3. The van der Waals surface area contributed by atoms with E-state index in [9.17, 15) is 4.39 Å². The molecular formula is C50H63FN6O2. The van der Waals surface area contributed by atoms with Crippen molar-refractivity contribution in [3.8, 4) is 34.0 Å². The van der Waals surface area contributed by atoms with Crippen molar-refractivity contribution in [3.63, 3.8) is 0 Å². The highest BCUT2D eigenvalue weighted by Crippen LogP contribution is 2.45. The van der Waals surface area contributed by atoms with Crippen molar-refractivity contribution >= 4 is 22.3 Å². The Hall–Kier alpha value is -4.73. The summed E-state index contributed by atoms with van der Waals surface area (Å²) in [6.45, 7) is 18.1. The number of aliphatic imine (C=N–C) groups is 1. The van der Waals surface area contributed by atoms with E-state index < -0.39 is 0 Å². The van der Waals surface area contributed by atoms with Gasteiger partial charge in [0.25, 0.3) is 0 Å². The number of rotatable bonds is 14. The maximum absolute atomic E-state index is 14.6. The third kappa shape index (κ3) is 8.51. The molecule has 5 heterocycles. The quantitative estimate of drug-likeness (QED) is 0.109. The fourth-order valence-corrected chi connectivity index (χ4v) is 9.46. The molecule has 0 spiro atoms. The first-order valence-corrected chi connectivity index (χ1v) is 22.1. The SMILES string of the molecule is CC=C(N=C(C(C)CC)C1CCCN1CCC(C)C)c1ccc2c(c1)OC(CCc1cc(F)cc(OC)c1)n1c-2cc2cc(-c3cnc(C4CC(C)C(C)N4)[nH]3)ccc21. The van der Waals surface area contributed by atoms with Crippen LogP contribution in [0.3, 0.4) is 0 Å². The number of imidazole rings is 1. The van der Waals surface area contributed by atoms with Gasteiger partial charge in [-0.25, -0.2) is 9.37 Å². The monoisotopic (exact) mass is 798 g/mol. The molecule has 5 aromatic rings. The second-order valence-corrected chi connectivity index (χ2v) is 17.8. The number of benzene rings is 3. The van der Waals surface area contributed by atoms with Gasteiger partial charge in [-0.1, -0.05) is 52.8 Å². The smallest absolute Gasteiger partial charge is 0.176 e. The summed E-state index contributed by atoms with van der Waals surface area (Å²) in [7, 11) is 1.58. The Morgan fingerprint density at radius 1 is 1.08 bits per heavy atom. The van der Waals surface area contributed by atoms with E-state index >= 15 is 0 Å². The number of hydrogen-bond donors (Lipinski definition) is 2. The Labute approximate surface area is 350 Å². The number of allylic oxidation sites excluding steroid dienone is 1. The minimum Gasteiger partial charge on any atom is -0.497 e. The number of aromatic nitrogens is 3. The second kappa shape index (κ2) is 17.5. The zero-order chi connectivity index (χ0) is 41.4. The molecule has 6 unspecified atom stereocenters. The lowest BCUT2D eigenvalue weighted by atomic mass is 9.94. The van der Waals surface area contributed by atoms with Gasteiger partial charge in [0.05, 0.1) is 42.0 Å². The number of nitrogens with zero attached hydrogens (tertiary/aromatic N) is 4. The molecule has 0 radical (unpaired) electrons. The van der Waals surface area contributed by atoms with Crippen LogP contribution in [0.2, 0.25) is 0 Å². The molecule has 3 aromatic carbocycles. The molecule has 0 bridgehead atoms. The highest BCUT2D eigenvalue weighted by Gasteiger charge is 2.33. The van der Waals surface area contributed by atoms with Gasteiger partial charge < -0.3 is 24.3 Å². The van der Waals surface area contributed by atoms with Crippen LogP contribution < -0.4 is 14.8 Å². The van der Waals surface area contributed by atoms with E-state index in [0.717, 1.165) is 94.2 Å². The van der Waals surface area contributed by atoms with Gasteiger partial charge in [-0.2, -0.15) is 0 Å². The van der Waals surface area contributed by atoms with Crippen molar-refractivity contribution in [1.82, 2.24) is 24.8 Å². The summed E-state index contributed by atoms with van der Waals surface area (Å²) in [5.74, 6) is 3.72. The molecule has 3 aliphatic rings. The average Bonchev–Trinajstić information content (AvgIpc) is 4.05.